The smallest absolute Gasteiger partial charge is 0.0642 e. The Morgan fingerprint density at radius 2 is 2.50 bits per heavy atom. The molecule has 1 atom stereocenters. The molecule has 1 aliphatic rings. The highest BCUT2D eigenvalue weighted by atomic mass is 127. The first-order valence-corrected chi connectivity index (χ1v) is 5.18. The van der Waals surface area contributed by atoms with E-state index < -0.39 is 0 Å². The molecule has 0 spiro atoms. The standard InChI is InChI=1S/C7H8INS/c1-6(8)7-3-2-4-10-5-9-7/h2-6H,1H3. The zero-order valence-corrected chi connectivity index (χ0v) is 8.59. The first-order chi connectivity index (χ1) is 4.80. The van der Waals surface area contributed by atoms with Crippen LogP contribution in [0.25, 0.3) is 0 Å². The molecule has 1 unspecified atom stereocenters. The van der Waals surface area contributed by atoms with Crippen LogP contribution in [0.1, 0.15) is 6.92 Å². The van der Waals surface area contributed by atoms with Crippen molar-refractivity contribution in [2.75, 3.05) is 0 Å². The van der Waals surface area contributed by atoms with E-state index in [1.807, 2.05) is 23.1 Å². The fourth-order valence-electron chi connectivity index (χ4n) is 0.588. The lowest BCUT2D eigenvalue weighted by atomic mass is 10.3. The van der Waals surface area contributed by atoms with E-state index in [1.165, 1.54) is 0 Å². The molecule has 0 aromatic rings. The van der Waals surface area contributed by atoms with Crippen LogP contribution in [-0.2, 0) is 0 Å². The zero-order chi connectivity index (χ0) is 7.40. The summed E-state index contributed by atoms with van der Waals surface area (Å²) in [6.07, 6.45) is 4.08. The van der Waals surface area contributed by atoms with Gasteiger partial charge in [0, 0.05) is 0 Å². The van der Waals surface area contributed by atoms with Crippen LogP contribution in [0.4, 0.5) is 0 Å². The number of halogens is 1. The normalized spacial score (nSPS) is 20.0. The third kappa shape index (κ3) is 2.46. The molecule has 0 radical (unpaired) electrons. The van der Waals surface area contributed by atoms with Crippen LogP contribution in [0.2, 0.25) is 0 Å². The number of allylic oxidation sites excluding steroid dienone is 3. The van der Waals surface area contributed by atoms with Gasteiger partial charge in [-0.15, -0.1) is 0 Å². The second-order valence-electron chi connectivity index (χ2n) is 1.91. The van der Waals surface area contributed by atoms with Crippen LogP contribution in [-0.4, -0.2) is 9.47 Å². The van der Waals surface area contributed by atoms with Crippen molar-refractivity contribution < 1.29 is 0 Å². The van der Waals surface area contributed by atoms with Gasteiger partial charge in [0.15, 0.2) is 0 Å². The number of rotatable bonds is 1. The topological polar surface area (TPSA) is 12.4 Å². The van der Waals surface area contributed by atoms with Crippen molar-refractivity contribution in [2.45, 2.75) is 10.8 Å². The number of aliphatic imine (C=N–C) groups is 1. The van der Waals surface area contributed by atoms with Gasteiger partial charge in [0.05, 0.1) is 15.2 Å². The van der Waals surface area contributed by atoms with E-state index in [4.69, 9.17) is 0 Å². The highest BCUT2D eigenvalue weighted by Crippen LogP contribution is 2.16. The van der Waals surface area contributed by atoms with Gasteiger partial charge in [-0.25, -0.2) is 0 Å². The highest BCUT2D eigenvalue weighted by molar-refractivity contribution is 14.1. The average Bonchev–Trinajstić information content (AvgIpc) is 2.12. The fourth-order valence-corrected chi connectivity index (χ4v) is 1.38. The summed E-state index contributed by atoms with van der Waals surface area (Å²) in [5, 5.41) is 2.02. The van der Waals surface area contributed by atoms with Gasteiger partial charge in [0.2, 0.25) is 0 Å². The SMILES string of the molecule is CC(I)C1=CC=CSC=N1. The van der Waals surface area contributed by atoms with Gasteiger partial charge in [-0.1, -0.05) is 40.4 Å². The van der Waals surface area contributed by atoms with Crippen LogP contribution in [0.3, 0.4) is 0 Å². The predicted molar refractivity (Wildman–Crippen MR) is 56.8 cm³/mol. The van der Waals surface area contributed by atoms with Crippen molar-refractivity contribution in [3.63, 3.8) is 0 Å². The Bertz CT molecular complexity index is 194. The minimum absolute atomic E-state index is 0.497. The van der Waals surface area contributed by atoms with E-state index in [2.05, 4.69) is 34.5 Å². The molecule has 0 aliphatic carbocycles. The number of hydrogen-bond acceptors (Lipinski definition) is 2. The molecule has 0 bridgehead atoms. The van der Waals surface area contributed by atoms with Crippen molar-refractivity contribution in [1.29, 1.82) is 0 Å². The lowest BCUT2D eigenvalue weighted by Gasteiger charge is -1.99. The maximum atomic E-state index is 4.25. The van der Waals surface area contributed by atoms with Crippen LogP contribution in [0, 0.1) is 0 Å². The summed E-state index contributed by atoms with van der Waals surface area (Å²) >= 11 is 3.96. The molecule has 10 heavy (non-hydrogen) atoms. The molecular formula is C7H8INS. The molecule has 0 N–H and O–H groups in total. The van der Waals surface area contributed by atoms with Crippen LogP contribution in [0.15, 0.2) is 28.2 Å². The van der Waals surface area contributed by atoms with Crippen LogP contribution < -0.4 is 0 Å². The molecule has 0 amide bonds. The summed E-state index contributed by atoms with van der Waals surface area (Å²) in [6.45, 7) is 2.13. The second-order valence-corrected chi connectivity index (χ2v) is 4.53. The molecule has 1 nitrogen and oxygen atoms in total. The average molecular weight is 265 g/mol. The first kappa shape index (κ1) is 8.33. The Morgan fingerprint density at radius 1 is 1.70 bits per heavy atom. The summed E-state index contributed by atoms with van der Waals surface area (Å²) < 4.78 is 0.497. The Kier molecular flexibility index (Phi) is 3.48. The molecule has 1 aliphatic heterocycles. The minimum atomic E-state index is 0.497. The Balaban J connectivity index is 2.73. The molecule has 0 aromatic carbocycles. The molecule has 54 valence electrons. The number of thioether (sulfide) groups is 1. The molecule has 0 aromatic heterocycles. The van der Waals surface area contributed by atoms with Gasteiger partial charge < -0.3 is 0 Å². The van der Waals surface area contributed by atoms with Gasteiger partial charge >= 0.3 is 0 Å². The number of nitrogens with zero attached hydrogens (tertiary/aromatic N) is 1. The number of hydrogen-bond donors (Lipinski definition) is 0. The van der Waals surface area contributed by atoms with Gasteiger partial charge in [-0.3, -0.25) is 4.99 Å². The summed E-state index contributed by atoms with van der Waals surface area (Å²) in [4.78, 5) is 4.25. The molecule has 1 rings (SSSR count). The first-order valence-electron chi connectivity index (χ1n) is 2.99. The van der Waals surface area contributed by atoms with Crippen LogP contribution >= 0.6 is 34.4 Å². The summed E-state index contributed by atoms with van der Waals surface area (Å²) in [7, 11) is 0. The van der Waals surface area contributed by atoms with Gasteiger partial charge in [-0.05, 0) is 18.4 Å². The van der Waals surface area contributed by atoms with Gasteiger partial charge in [0.1, 0.15) is 0 Å². The van der Waals surface area contributed by atoms with E-state index in [9.17, 15) is 0 Å². The van der Waals surface area contributed by atoms with Crippen molar-refractivity contribution in [1.82, 2.24) is 0 Å². The lowest BCUT2D eigenvalue weighted by Crippen LogP contribution is -1.91. The quantitative estimate of drug-likeness (QED) is 0.524. The minimum Gasteiger partial charge on any atom is -0.253 e. The predicted octanol–water partition coefficient (Wildman–Crippen LogP) is 2.98. The molecule has 0 fully saturated rings. The van der Waals surface area contributed by atoms with E-state index >= 15 is 0 Å². The van der Waals surface area contributed by atoms with Crippen molar-refractivity contribution in [3.05, 3.63) is 23.3 Å². The molecule has 3 heteroatoms. The lowest BCUT2D eigenvalue weighted by molar-refractivity contribution is 1.13. The third-order valence-electron chi connectivity index (χ3n) is 1.09. The molecule has 0 saturated heterocycles. The maximum absolute atomic E-state index is 4.25. The van der Waals surface area contributed by atoms with Crippen molar-refractivity contribution >= 4 is 39.9 Å². The number of alkyl halides is 1. The second kappa shape index (κ2) is 4.18. The van der Waals surface area contributed by atoms with E-state index in [-0.39, 0.29) is 0 Å². The monoisotopic (exact) mass is 265 g/mol. The Labute approximate surface area is 78.8 Å². The zero-order valence-electron chi connectivity index (χ0n) is 5.62. The summed E-state index contributed by atoms with van der Waals surface area (Å²) in [5.41, 5.74) is 3.01. The van der Waals surface area contributed by atoms with E-state index in [0.29, 0.717) is 3.92 Å². The maximum Gasteiger partial charge on any atom is 0.0642 e. The van der Waals surface area contributed by atoms with E-state index in [1.54, 1.807) is 11.8 Å². The fraction of sp³-hybridized carbons (Fsp3) is 0.286. The van der Waals surface area contributed by atoms with Crippen molar-refractivity contribution in [2.24, 2.45) is 4.99 Å². The summed E-state index contributed by atoms with van der Waals surface area (Å²) in [5.74, 6) is 0. The van der Waals surface area contributed by atoms with Gasteiger partial charge in [0.25, 0.3) is 0 Å². The Hall–Kier alpha value is 0.230. The van der Waals surface area contributed by atoms with Gasteiger partial charge in [-0.2, -0.15) is 0 Å². The third-order valence-corrected chi connectivity index (χ3v) is 2.27. The van der Waals surface area contributed by atoms with Crippen molar-refractivity contribution in [3.8, 4) is 0 Å². The highest BCUT2D eigenvalue weighted by Gasteiger charge is 2.00. The summed E-state index contributed by atoms with van der Waals surface area (Å²) in [6, 6.07) is 0. The largest absolute Gasteiger partial charge is 0.253 e. The molecule has 1 heterocycles. The Morgan fingerprint density at radius 3 is 3.20 bits per heavy atom. The van der Waals surface area contributed by atoms with Crippen LogP contribution in [0.5, 0.6) is 0 Å². The van der Waals surface area contributed by atoms with E-state index in [0.717, 1.165) is 5.70 Å². The molecule has 0 saturated carbocycles. The molecular weight excluding hydrogens is 257 g/mol.